The molecule has 34 heavy (non-hydrogen) atoms. The minimum absolute atomic E-state index is 0.586. The first-order valence-electron chi connectivity index (χ1n) is 12.3. The van der Waals surface area contributed by atoms with Gasteiger partial charge in [-0.1, -0.05) is 46.6 Å². The number of benzene rings is 1. The molecule has 4 rings (SSSR count). The van der Waals surface area contributed by atoms with Gasteiger partial charge in [-0.05, 0) is 56.0 Å². The number of amides is 1. The molecule has 1 aliphatic heterocycles. The van der Waals surface area contributed by atoms with Crippen molar-refractivity contribution in [3.63, 3.8) is 0 Å². The molecule has 0 saturated carbocycles. The van der Waals surface area contributed by atoms with Gasteiger partial charge in [0, 0.05) is 41.2 Å². The van der Waals surface area contributed by atoms with E-state index in [1.807, 2.05) is 25.3 Å². The van der Waals surface area contributed by atoms with E-state index in [0.29, 0.717) is 12.4 Å². The lowest BCUT2D eigenvalue weighted by Gasteiger charge is -2.08. The molecule has 0 radical (unpaired) electrons. The van der Waals surface area contributed by atoms with Crippen molar-refractivity contribution >= 4 is 40.9 Å². The number of aromatic amines is 1. The van der Waals surface area contributed by atoms with Crippen LogP contribution in [-0.2, 0) is 11.2 Å². The number of hydrogen-bond acceptors (Lipinski definition) is 5. The minimum atomic E-state index is 0.586. The third-order valence-corrected chi connectivity index (χ3v) is 4.71. The molecule has 0 spiro atoms. The minimum Gasteiger partial charge on any atom is -0.359 e. The van der Waals surface area contributed by atoms with E-state index < -0.39 is 0 Å². The molecule has 0 fully saturated rings. The fourth-order valence-corrected chi connectivity index (χ4v) is 3.25. The summed E-state index contributed by atoms with van der Waals surface area (Å²) in [5.41, 5.74) is 5.18. The molecule has 0 atom stereocenters. The van der Waals surface area contributed by atoms with Gasteiger partial charge in [0.05, 0.1) is 11.4 Å². The van der Waals surface area contributed by atoms with Crippen molar-refractivity contribution in [1.29, 1.82) is 0 Å². The quantitative estimate of drug-likeness (QED) is 0.266. The van der Waals surface area contributed by atoms with E-state index in [9.17, 15) is 4.79 Å². The Bertz CT molecular complexity index is 1070. The highest BCUT2D eigenvalue weighted by molar-refractivity contribution is 5.84. The number of hydrogen-bond donors (Lipinski definition) is 3. The molecule has 7 nitrogen and oxygen atoms in total. The zero-order chi connectivity index (χ0) is 24.6. The number of carbonyl (C=O) groups is 1. The third-order valence-electron chi connectivity index (χ3n) is 4.71. The first-order chi connectivity index (χ1) is 16.6. The summed E-state index contributed by atoms with van der Waals surface area (Å²) in [5, 5.41) is 7.02. The number of nitrogens with zero attached hydrogens (tertiary/aromatic N) is 3. The fourth-order valence-electron chi connectivity index (χ4n) is 3.25. The van der Waals surface area contributed by atoms with Crippen LogP contribution in [0.4, 0.5) is 11.6 Å². The van der Waals surface area contributed by atoms with Crippen LogP contribution in [0.1, 0.15) is 71.2 Å². The predicted octanol–water partition coefficient (Wildman–Crippen LogP) is 6.42. The molecule has 3 heterocycles. The zero-order valence-electron chi connectivity index (χ0n) is 20.9. The second kappa shape index (κ2) is 15.4. The van der Waals surface area contributed by atoms with Gasteiger partial charge in [0.25, 0.3) is 0 Å². The van der Waals surface area contributed by atoms with E-state index in [2.05, 4.69) is 75.6 Å². The number of nitrogens with one attached hydrogen (secondary N) is 3. The van der Waals surface area contributed by atoms with Gasteiger partial charge >= 0.3 is 0 Å². The topological polar surface area (TPSA) is 95.1 Å². The van der Waals surface area contributed by atoms with Crippen LogP contribution >= 0.6 is 0 Å². The van der Waals surface area contributed by atoms with Gasteiger partial charge < -0.3 is 15.6 Å². The van der Waals surface area contributed by atoms with Gasteiger partial charge in [-0.2, -0.15) is 0 Å². The Labute approximate surface area is 203 Å². The number of rotatable bonds is 8. The van der Waals surface area contributed by atoms with Crippen molar-refractivity contribution in [3.8, 4) is 0 Å². The summed E-state index contributed by atoms with van der Waals surface area (Å²) in [5.74, 6) is 0.586. The Kier molecular flexibility index (Phi) is 12.1. The van der Waals surface area contributed by atoms with Gasteiger partial charge in [-0.25, -0.2) is 9.97 Å². The maximum Gasteiger partial charge on any atom is 0.227 e. The predicted molar refractivity (Wildman–Crippen MR) is 144 cm³/mol. The van der Waals surface area contributed by atoms with Crippen LogP contribution in [0.3, 0.4) is 0 Å². The highest BCUT2D eigenvalue weighted by atomic mass is 16.1. The highest BCUT2D eigenvalue weighted by Crippen LogP contribution is 2.24. The number of aromatic nitrogens is 3. The van der Waals surface area contributed by atoms with E-state index in [0.717, 1.165) is 61.2 Å². The molecule has 3 N–H and O–H groups in total. The number of H-pyrrole nitrogens is 1. The smallest absolute Gasteiger partial charge is 0.227 e. The second-order valence-corrected chi connectivity index (χ2v) is 7.99. The van der Waals surface area contributed by atoms with Gasteiger partial charge in [0.15, 0.2) is 0 Å². The van der Waals surface area contributed by atoms with Crippen LogP contribution in [-0.4, -0.2) is 34.1 Å². The molecule has 182 valence electrons. The summed E-state index contributed by atoms with van der Waals surface area (Å²) in [7, 11) is 0. The maximum atomic E-state index is 9.45. The number of allylic oxidation sites excluding steroid dienone is 1. The van der Waals surface area contributed by atoms with E-state index >= 15 is 0 Å². The average Bonchev–Trinajstić information content (AvgIpc) is 3.26. The van der Waals surface area contributed by atoms with E-state index in [1.54, 1.807) is 6.20 Å². The van der Waals surface area contributed by atoms with Crippen molar-refractivity contribution in [1.82, 2.24) is 20.3 Å². The molecule has 1 aliphatic rings. The molecule has 0 saturated heterocycles. The first-order valence-corrected chi connectivity index (χ1v) is 12.3. The zero-order valence-corrected chi connectivity index (χ0v) is 20.9. The number of aryl methyl sites for hydroxylation is 1. The van der Waals surface area contributed by atoms with Crippen molar-refractivity contribution in [2.45, 2.75) is 66.2 Å². The normalized spacial score (nSPS) is 12.1. The van der Waals surface area contributed by atoms with Crippen molar-refractivity contribution in [2.75, 3.05) is 11.9 Å². The van der Waals surface area contributed by atoms with Crippen LogP contribution in [0.25, 0.3) is 16.6 Å². The summed E-state index contributed by atoms with van der Waals surface area (Å²) in [6.45, 7) is 9.24. The molecule has 1 aromatic carbocycles. The van der Waals surface area contributed by atoms with Crippen LogP contribution < -0.4 is 10.6 Å². The number of aliphatic imine (C=N–C) groups is 1. The molecular formula is C27H38N6O. The summed E-state index contributed by atoms with van der Waals surface area (Å²) in [6, 6.07) is 10.4. The summed E-state index contributed by atoms with van der Waals surface area (Å²) >= 11 is 0. The van der Waals surface area contributed by atoms with Gasteiger partial charge in [0.2, 0.25) is 12.4 Å². The van der Waals surface area contributed by atoms with Crippen LogP contribution in [0.5, 0.6) is 0 Å². The molecule has 0 unspecified atom stereocenters. The second-order valence-electron chi connectivity index (χ2n) is 7.99. The lowest BCUT2D eigenvalue weighted by atomic mass is 10.2. The van der Waals surface area contributed by atoms with Crippen molar-refractivity contribution in [2.24, 2.45) is 4.99 Å². The maximum absolute atomic E-state index is 9.45. The monoisotopic (exact) mass is 462 g/mol. The standard InChI is InChI=1S/C20H21N5.C4H9NO.C3H8/c1-2-5-15-12-14-13-16(7-8-17(14)23-15)24-20-22-11-9-19(25-20)18-6-3-4-10-21-18;1-2-3-5-4-6;1-3-2/h6-13,23H,2-5H2,1H3,(H,22,24,25);4H,2-3H2,1H3,(H,5,6);3H2,1-2H3. The van der Waals surface area contributed by atoms with Crippen molar-refractivity contribution in [3.05, 3.63) is 54.0 Å². The van der Waals surface area contributed by atoms with Crippen LogP contribution in [0.15, 0.2) is 47.6 Å². The van der Waals surface area contributed by atoms with Crippen LogP contribution in [0, 0.1) is 0 Å². The summed E-state index contributed by atoms with van der Waals surface area (Å²) < 4.78 is 0. The molecule has 1 amide bonds. The number of fused-ring (bicyclic) bond motifs is 1. The van der Waals surface area contributed by atoms with Gasteiger partial charge in [-0.15, -0.1) is 0 Å². The van der Waals surface area contributed by atoms with Crippen LogP contribution in [0.2, 0.25) is 0 Å². The summed E-state index contributed by atoms with van der Waals surface area (Å²) in [6.07, 6.45) is 13.0. The lowest BCUT2D eigenvalue weighted by molar-refractivity contribution is -0.109. The molecule has 3 aromatic rings. The lowest BCUT2D eigenvalue weighted by Crippen LogP contribution is -2.10. The first kappa shape index (κ1) is 26.8. The highest BCUT2D eigenvalue weighted by Gasteiger charge is 2.07. The molecule has 0 aliphatic carbocycles. The average molecular weight is 463 g/mol. The molecular weight excluding hydrogens is 424 g/mol. The Morgan fingerprint density at radius 1 is 1.06 bits per heavy atom. The van der Waals surface area contributed by atoms with E-state index in [1.165, 1.54) is 17.5 Å². The number of anilines is 2. The van der Waals surface area contributed by atoms with E-state index in [4.69, 9.17) is 0 Å². The Hall–Kier alpha value is -3.48. The fraction of sp³-hybridized carbons (Fsp3) is 0.407. The largest absolute Gasteiger partial charge is 0.359 e. The van der Waals surface area contributed by atoms with Gasteiger partial charge in [0.1, 0.15) is 0 Å². The Balaban J connectivity index is 0.000000391. The van der Waals surface area contributed by atoms with Gasteiger partial charge in [-0.3, -0.25) is 9.79 Å². The molecule has 7 heteroatoms. The SMILES string of the molecule is CCC.CCCNC=O.CCCc1cc2cc(Nc3nccc(C4=CCCC=N4)n3)ccc2[nH]1. The Morgan fingerprint density at radius 2 is 1.88 bits per heavy atom. The summed E-state index contributed by atoms with van der Waals surface area (Å²) in [4.78, 5) is 26.3. The number of carbonyl (C=O) groups excluding carboxylic acids is 1. The van der Waals surface area contributed by atoms with Crippen molar-refractivity contribution < 1.29 is 4.79 Å². The molecule has 2 aromatic heterocycles. The third kappa shape index (κ3) is 8.81. The Morgan fingerprint density at radius 3 is 2.53 bits per heavy atom. The van der Waals surface area contributed by atoms with E-state index in [-0.39, 0.29) is 0 Å². The molecule has 0 bridgehead atoms.